The number of H-pyrrole nitrogens is 1. The van der Waals surface area contributed by atoms with Crippen LogP contribution >= 0.6 is 0 Å². The van der Waals surface area contributed by atoms with E-state index in [9.17, 15) is 4.79 Å². The van der Waals surface area contributed by atoms with Crippen molar-refractivity contribution in [3.05, 3.63) is 65.4 Å². The summed E-state index contributed by atoms with van der Waals surface area (Å²) >= 11 is 0. The molecule has 1 aromatic heterocycles. The van der Waals surface area contributed by atoms with E-state index in [-0.39, 0.29) is 5.97 Å². The highest BCUT2D eigenvalue weighted by atomic mass is 16.6. The Bertz CT molecular complexity index is 1040. The van der Waals surface area contributed by atoms with Crippen LogP contribution < -0.4 is 9.47 Å². The summed E-state index contributed by atoms with van der Waals surface area (Å²) < 4.78 is 10.5. The monoisotopic (exact) mass is 376 g/mol. The maximum atomic E-state index is 11.2. The molecule has 144 valence electrons. The molecule has 1 aliphatic rings. The summed E-state index contributed by atoms with van der Waals surface area (Å²) in [6.45, 7) is 4.24. The number of carbonyl (C=O) groups is 1. The van der Waals surface area contributed by atoms with Crippen molar-refractivity contribution in [1.82, 2.24) is 9.88 Å². The molecule has 2 heterocycles. The number of nitrogens with one attached hydrogen (secondary N) is 1. The molecule has 0 saturated heterocycles. The smallest absolute Gasteiger partial charge is 0.308 e. The Balaban J connectivity index is 1.42. The minimum absolute atomic E-state index is 0.358. The molecule has 0 unspecified atom stereocenters. The molecule has 1 N–H and O–H groups in total. The van der Waals surface area contributed by atoms with Gasteiger partial charge in [-0.3, -0.25) is 9.69 Å². The molecule has 0 fully saturated rings. The molecule has 0 atom stereocenters. The minimum atomic E-state index is -0.358. The zero-order chi connectivity index (χ0) is 19.5. The number of hydrogen-bond acceptors (Lipinski definition) is 4. The predicted molar refractivity (Wildman–Crippen MR) is 111 cm³/mol. The summed E-state index contributed by atoms with van der Waals surface area (Å²) in [5.74, 6) is 0.635. The number of nitrogens with zero attached hydrogens (tertiary/aromatic N) is 1. The lowest BCUT2D eigenvalue weighted by molar-refractivity contribution is -0.132. The molecule has 28 heavy (non-hydrogen) atoms. The molecule has 0 bridgehead atoms. The van der Waals surface area contributed by atoms with Gasteiger partial charge in [-0.2, -0.15) is 0 Å². The maximum absolute atomic E-state index is 11.2. The third-order valence-electron chi connectivity index (χ3n) is 5.08. The molecule has 0 aliphatic carbocycles. The van der Waals surface area contributed by atoms with Crippen LogP contribution in [0.2, 0.25) is 0 Å². The molecule has 3 aromatic rings. The summed E-state index contributed by atoms with van der Waals surface area (Å²) in [6, 6.07) is 14.1. The number of para-hydroxylation sites is 1. The number of benzene rings is 2. The highest BCUT2D eigenvalue weighted by Gasteiger charge is 2.19. The normalized spacial score (nSPS) is 14.4. The van der Waals surface area contributed by atoms with Gasteiger partial charge in [0, 0.05) is 43.2 Å². The first-order valence-corrected chi connectivity index (χ1v) is 9.48. The van der Waals surface area contributed by atoms with Crippen molar-refractivity contribution in [1.29, 1.82) is 0 Å². The van der Waals surface area contributed by atoms with Crippen LogP contribution in [0.5, 0.6) is 11.5 Å². The van der Waals surface area contributed by atoms with Crippen molar-refractivity contribution in [2.75, 3.05) is 20.2 Å². The van der Waals surface area contributed by atoms with Gasteiger partial charge in [0.2, 0.25) is 0 Å². The third kappa shape index (κ3) is 3.80. The van der Waals surface area contributed by atoms with Crippen LogP contribution in [0.15, 0.2) is 48.5 Å². The van der Waals surface area contributed by atoms with E-state index >= 15 is 0 Å². The molecule has 0 saturated carbocycles. The summed E-state index contributed by atoms with van der Waals surface area (Å²) in [7, 11) is 1.57. The fourth-order valence-electron chi connectivity index (χ4n) is 3.77. The average molecular weight is 376 g/mol. The average Bonchev–Trinajstić information content (AvgIpc) is 3.06. The Morgan fingerprint density at radius 1 is 1.21 bits per heavy atom. The van der Waals surface area contributed by atoms with Gasteiger partial charge in [-0.25, -0.2) is 0 Å². The van der Waals surface area contributed by atoms with Gasteiger partial charge in [-0.05, 0) is 35.7 Å². The first-order chi connectivity index (χ1) is 13.6. The number of fused-ring (bicyclic) bond motifs is 3. The Hall–Kier alpha value is -3.05. The van der Waals surface area contributed by atoms with Gasteiger partial charge in [0.25, 0.3) is 0 Å². The van der Waals surface area contributed by atoms with E-state index in [1.165, 1.54) is 29.1 Å². The van der Waals surface area contributed by atoms with Crippen molar-refractivity contribution in [2.45, 2.75) is 19.9 Å². The third-order valence-corrected chi connectivity index (χ3v) is 5.08. The lowest BCUT2D eigenvalue weighted by atomic mass is 10.0. The van der Waals surface area contributed by atoms with Crippen LogP contribution in [0, 0.1) is 0 Å². The van der Waals surface area contributed by atoms with E-state index < -0.39 is 0 Å². The summed E-state index contributed by atoms with van der Waals surface area (Å²) in [5.41, 5.74) is 5.02. The quantitative estimate of drug-likeness (QED) is 0.536. The first-order valence-electron chi connectivity index (χ1n) is 9.48. The van der Waals surface area contributed by atoms with Gasteiger partial charge in [0.1, 0.15) is 0 Å². The molecule has 2 aromatic carbocycles. The number of esters is 1. The lowest BCUT2D eigenvalue weighted by Crippen LogP contribution is -2.30. The van der Waals surface area contributed by atoms with E-state index in [4.69, 9.17) is 9.47 Å². The van der Waals surface area contributed by atoms with Crippen molar-refractivity contribution in [2.24, 2.45) is 0 Å². The van der Waals surface area contributed by atoms with E-state index in [0.29, 0.717) is 11.5 Å². The SMILES string of the molecule is COc1cc(C=CCN2CCc3c([nH]c4ccccc34)C2)ccc1OC(C)=O. The zero-order valence-electron chi connectivity index (χ0n) is 16.2. The topological polar surface area (TPSA) is 54.6 Å². The number of aromatic amines is 1. The second-order valence-corrected chi connectivity index (χ2v) is 7.02. The summed E-state index contributed by atoms with van der Waals surface area (Å²) in [6.07, 6.45) is 5.30. The highest BCUT2D eigenvalue weighted by molar-refractivity contribution is 5.84. The van der Waals surface area contributed by atoms with Crippen LogP contribution in [0.25, 0.3) is 17.0 Å². The van der Waals surface area contributed by atoms with Gasteiger partial charge >= 0.3 is 5.97 Å². The van der Waals surface area contributed by atoms with E-state index in [2.05, 4.69) is 46.3 Å². The standard InChI is InChI=1S/C23H24N2O3/c1-16(26)28-22-10-9-17(14-23(22)27-2)6-5-12-25-13-11-19-18-7-3-4-8-20(18)24-21(19)15-25/h3-10,14,24H,11-13,15H2,1-2H3. The Kier molecular flexibility index (Phi) is 5.17. The maximum Gasteiger partial charge on any atom is 0.308 e. The minimum Gasteiger partial charge on any atom is -0.493 e. The number of carbonyl (C=O) groups excluding carboxylic acids is 1. The van der Waals surface area contributed by atoms with Crippen molar-refractivity contribution in [3.63, 3.8) is 0 Å². The Labute approximate surface area is 164 Å². The molecule has 4 rings (SSSR count). The number of ether oxygens (including phenoxy) is 2. The van der Waals surface area contributed by atoms with Crippen molar-refractivity contribution < 1.29 is 14.3 Å². The summed E-state index contributed by atoms with van der Waals surface area (Å²) in [4.78, 5) is 17.2. The van der Waals surface area contributed by atoms with Crippen molar-refractivity contribution >= 4 is 22.9 Å². The van der Waals surface area contributed by atoms with E-state index in [1.54, 1.807) is 13.2 Å². The van der Waals surface area contributed by atoms with E-state index in [0.717, 1.165) is 31.6 Å². The van der Waals surface area contributed by atoms with Crippen LogP contribution in [0.1, 0.15) is 23.7 Å². The number of aromatic nitrogens is 1. The van der Waals surface area contributed by atoms with Crippen LogP contribution in [0.3, 0.4) is 0 Å². The molecule has 0 amide bonds. The van der Waals surface area contributed by atoms with Gasteiger partial charge in [0.05, 0.1) is 7.11 Å². The molecule has 5 heteroatoms. The second-order valence-electron chi connectivity index (χ2n) is 7.02. The number of hydrogen-bond donors (Lipinski definition) is 1. The summed E-state index contributed by atoms with van der Waals surface area (Å²) in [5, 5.41) is 1.35. The predicted octanol–water partition coefficient (Wildman–Crippen LogP) is 4.17. The van der Waals surface area contributed by atoms with Crippen LogP contribution in [-0.2, 0) is 17.8 Å². The fraction of sp³-hybridized carbons (Fsp3) is 0.261. The number of methoxy groups -OCH3 is 1. The molecule has 5 nitrogen and oxygen atoms in total. The van der Waals surface area contributed by atoms with E-state index in [1.807, 2.05) is 12.1 Å². The molecule has 0 radical (unpaired) electrons. The van der Waals surface area contributed by atoms with Gasteiger partial charge in [-0.15, -0.1) is 0 Å². The van der Waals surface area contributed by atoms with Crippen molar-refractivity contribution in [3.8, 4) is 11.5 Å². The van der Waals surface area contributed by atoms with Gasteiger partial charge < -0.3 is 14.5 Å². The Morgan fingerprint density at radius 3 is 2.89 bits per heavy atom. The fourth-order valence-corrected chi connectivity index (χ4v) is 3.77. The molecular weight excluding hydrogens is 352 g/mol. The Morgan fingerprint density at radius 2 is 2.07 bits per heavy atom. The van der Waals surface area contributed by atoms with Gasteiger partial charge in [0.15, 0.2) is 11.5 Å². The van der Waals surface area contributed by atoms with Gasteiger partial charge in [-0.1, -0.05) is 36.4 Å². The lowest BCUT2D eigenvalue weighted by Gasteiger charge is -2.25. The molecule has 0 spiro atoms. The molecular formula is C23H24N2O3. The second kappa shape index (κ2) is 7.90. The molecule has 1 aliphatic heterocycles. The first kappa shape index (κ1) is 18.3. The van der Waals surface area contributed by atoms with Crippen LogP contribution in [0.4, 0.5) is 0 Å². The largest absolute Gasteiger partial charge is 0.493 e. The number of rotatable bonds is 5. The van der Waals surface area contributed by atoms with Crippen LogP contribution in [-0.4, -0.2) is 36.1 Å². The highest BCUT2D eigenvalue weighted by Crippen LogP contribution is 2.29. The zero-order valence-corrected chi connectivity index (χ0v) is 16.2.